The Kier molecular flexibility index (Phi) is 4.86. The van der Waals surface area contributed by atoms with E-state index in [1.54, 1.807) is 25.1 Å². The van der Waals surface area contributed by atoms with E-state index in [4.69, 9.17) is 4.74 Å². The van der Waals surface area contributed by atoms with Crippen LogP contribution in [0.4, 0.5) is 5.69 Å². The molecule has 3 aliphatic rings. The number of Topliss-reactive ketones (excluding diaryl/α,β-unsaturated/α-hetero) is 1. The van der Waals surface area contributed by atoms with Crippen LogP contribution in [-0.4, -0.2) is 54.8 Å². The summed E-state index contributed by atoms with van der Waals surface area (Å²) >= 11 is 0. The van der Waals surface area contributed by atoms with Crippen molar-refractivity contribution in [2.24, 2.45) is 11.8 Å². The standard InChI is InChI=1S/C20H25N3O4/c1-12-19(25)22-16-10-14(2-3-17(16)27-12)18(24)13-5-8-23(9-6-13)20(26)15-4-7-21-11-15/h2-3,10,12-13,15,21H,4-9,11H2,1H3,(H,22,25). The van der Waals surface area contributed by atoms with Gasteiger partial charge < -0.3 is 20.3 Å². The van der Waals surface area contributed by atoms with E-state index in [1.807, 2.05) is 4.90 Å². The number of anilines is 1. The molecule has 2 unspecified atom stereocenters. The number of hydrogen-bond donors (Lipinski definition) is 2. The Morgan fingerprint density at radius 1 is 1.15 bits per heavy atom. The van der Waals surface area contributed by atoms with Crippen LogP contribution in [0.1, 0.15) is 36.5 Å². The average Bonchev–Trinajstić information content (AvgIpc) is 3.22. The Morgan fingerprint density at radius 2 is 1.93 bits per heavy atom. The summed E-state index contributed by atoms with van der Waals surface area (Å²) < 4.78 is 5.54. The van der Waals surface area contributed by atoms with Gasteiger partial charge in [0.15, 0.2) is 11.9 Å². The Morgan fingerprint density at radius 3 is 2.63 bits per heavy atom. The van der Waals surface area contributed by atoms with Crippen LogP contribution in [0.5, 0.6) is 5.75 Å². The maximum Gasteiger partial charge on any atom is 0.265 e. The second-order valence-electron chi connectivity index (χ2n) is 7.61. The van der Waals surface area contributed by atoms with Gasteiger partial charge in [-0.1, -0.05) is 0 Å². The third kappa shape index (κ3) is 3.56. The molecule has 144 valence electrons. The van der Waals surface area contributed by atoms with Crippen molar-refractivity contribution in [2.45, 2.75) is 32.3 Å². The third-order valence-corrected chi connectivity index (χ3v) is 5.78. The molecule has 3 aliphatic heterocycles. The van der Waals surface area contributed by atoms with E-state index in [1.165, 1.54) is 0 Å². The fraction of sp³-hybridized carbons (Fsp3) is 0.550. The van der Waals surface area contributed by atoms with Gasteiger partial charge in [0.05, 0.1) is 11.6 Å². The molecule has 4 rings (SSSR count). The molecule has 0 bridgehead atoms. The normalized spacial score (nSPS) is 25.5. The smallest absolute Gasteiger partial charge is 0.265 e. The third-order valence-electron chi connectivity index (χ3n) is 5.78. The molecule has 2 N–H and O–H groups in total. The number of carbonyl (C=O) groups excluding carboxylic acids is 3. The van der Waals surface area contributed by atoms with Gasteiger partial charge in [0.2, 0.25) is 5.91 Å². The first-order valence-corrected chi connectivity index (χ1v) is 9.68. The largest absolute Gasteiger partial charge is 0.479 e. The number of carbonyl (C=O) groups is 3. The lowest BCUT2D eigenvalue weighted by atomic mass is 9.88. The van der Waals surface area contributed by atoms with E-state index < -0.39 is 6.10 Å². The molecular weight excluding hydrogens is 346 g/mol. The predicted octanol–water partition coefficient (Wildman–Crippen LogP) is 1.44. The van der Waals surface area contributed by atoms with E-state index in [0.29, 0.717) is 42.9 Å². The zero-order chi connectivity index (χ0) is 19.0. The van der Waals surface area contributed by atoms with Crippen molar-refractivity contribution < 1.29 is 19.1 Å². The first-order valence-electron chi connectivity index (χ1n) is 9.68. The molecule has 2 fully saturated rings. The number of hydrogen-bond acceptors (Lipinski definition) is 5. The van der Waals surface area contributed by atoms with Crippen molar-refractivity contribution in [3.05, 3.63) is 23.8 Å². The number of nitrogens with one attached hydrogen (secondary N) is 2. The number of piperidine rings is 1. The number of amides is 2. The van der Waals surface area contributed by atoms with E-state index in [2.05, 4.69) is 10.6 Å². The lowest BCUT2D eigenvalue weighted by Gasteiger charge is -2.33. The molecule has 2 saturated heterocycles. The Hall–Kier alpha value is -2.41. The minimum Gasteiger partial charge on any atom is -0.479 e. The van der Waals surface area contributed by atoms with Crippen LogP contribution >= 0.6 is 0 Å². The van der Waals surface area contributed by atoms with Crippen molar-refractivity contribution in [1.82, 2.24) is 10.2 Å². The Labute approximate surface area is 158 Å². The molecule has 3 heterocycles. The van der Waals surface area contributed by atoms with E-state index in [-0.39, 0.29) is 29.4 Å². The summed E-state index contributed by atoms with van der Waals surface area (Å²) in [6.07, 6.45) is 1.73. The van der Waals surface area contributed by atoms with Gasteiger partial charge in [0, 0.05) is 31.1 Å². The Balaban J connectivity index is 1.39. The van der Waals surface area contributed by atoms with Crippen molar-refractivity contribution in [3.63, 3.8) is 0 Å². The second-order valence-corrected chi connectivity index (χ2v) is 7.61. The summed E-state index contributed by atoms with van der Waals surface area (Å²) in [6.45, 7) is 4.62. The minimum absolute atomic E-state index is 0.0697. The van der Waals surface area contributed by atoms with Gasteiger partial charge in [-0.15, -0.1) is 0 Å². The number of rotatable bonds is 3. The summed E-state index contributed by atoms with van der Waals surface area (Å²) in [5.41, 5.74) is 1.13. The van der Waals surface area contributed by atoms with Crippen LogP contribution in [0.2, 0.25) is 0 Å². The minimum atomic E-state index is -0.531. The zero-order valence-electron chi connectivity index (χ0n) is 15.5. The van der Waals surface area contributed by atoms with Crippen molar-refractivity contribution in [2.75, 3.05) is 31.5 Å². The molecule has 2 amide bonds. The van der Waals surface area contributed by atoms with E-state index in [9.17, 15) is 14.4 Å². The average molecular weight is 371 g/mol. The summed E-state index contributed by atoms with van der Waals surface area (Å²) in [5.74, 6) is 0.662. The topological polar surface area (TPSA) is 87.7 Å². The number of likely N-dealkylation sites (tertiary alicyclic amines) is 1. The van der Waals surface area contributed by atoms with E-state index >= 15 is 0 Å². The fourth-order valence-corrected chi connectivity index (χ4v) is 4.08. The van der Waals surface area contributed by atoms with Crippen LogP contribution < -0.4 is 15.4 Å². The summed E-state index contributed by atoms with van der Waals surface area (Å²) in [4.78, 5) is 39.1. The van der Waals surface area contributed by atoms with Gasteiger partial charge >= 0.3 is 0 Å². The second kappa shape index (κ2) is 7.31. The highest BCUT2D eigenvalue weighted by atomic mass is 16.5. The van der Waals surface area contributed by atoms with Crippen LogP contribution in [0, 0.1) is 11.8 Å². The first-order chi connectivity index (χ1) is 13.0. The maximum absolute atomic E-state index is 12.9. The van der Waals surface area contributed by atoms with Gasteiger partial charge in [-0.3, -0.25) is 14.4 Å². The molecule has 1 aromatic rings. The molecule has 7 heteroatoms. The quantitative estimate of drug-likeness (QED) is 0.785. The molecule has 0 saturated carbocycles. The summed E-state index contributed by atoms with van der Waals surface area (Å²) in [5, 5.41) is 6.02. The molecular formula is C20H25N3O4. The number of ketones is 1. The lowest BCUT2D eigenvalue weighted by molar-refractivity contribution is -0.136. The van der Waals surface area contributed by atoms with Gasteiger partial charge in [0.25, 0.3) is 5.91 Å². The molecule has 2 atom stereocenters. The maximum atomic E-state index is 12.9. The molecule has 0 aliphatic carbocycles. The van der Waals surface area contributed by atoms with Gasteiger partial charge in [0.1, 0.15) is 5.75 Å². The highest BCUT2D eigenvalue weighted by molar-refractivity contribution is 6.02. The van der Waals surface area contributed by atoms with Crippen molar-refractivity contribution in [1.29, 1.82) is 0 Å². The van der Waals surface area contributed by atoms with Crippen LogP contribution in [0.15, 0.2) is 18.2 Å². The number of ether oxygens (including phenoxy) is 1. The van der Waals surface area contributed by atoms with Crippen LogP contribution in [0.25, 0.3) is 0 Å². The SMILES string of the molecule is CC1Oc2ccc(C(=O)C3CCN(C(=O)C4CCNC4)CC3)cc2NC1=O. The predicted molar refractivity (Wildman–Crippen MR) is 99.8 cm³/mol. The molecule has 1 aromatic carbocycles. The van der Waals surface area contributed by atoms with Crippen molar-refractivity contribution >= 4 is 23.3 Å². The van der Waals surface area contributed by atoms with Gasteiger partial charge in [-0.2, -0.15) is 0 Å². The molecule has 0 aromatic heterocycles. The number of fused-ring (bicyclic) bond motifs is 1. The highest BCUT2D eigenvalue weighted by Gasteiger charge is 2.33. The van der Waals surface area contributed by atoms with Crippen LogP contribution in [-0.2, 0) is 9.59 Å². The number of benzene rings is 1. The summed E-state index contributed by atoms with van der Waals surface area (Å²) in [7, 11) is 0. The zero-order valence-corrected chi connectivity index (χ0v) is 15.5. The molecule has 7 nitrogen and oxygen atoms in total. The number of nitrogens with zero attached hydrogens (tertiary/aromatic N) is 1. The lowest BCUT2D eigenvalue weighted by Crippen LogP contribution is -2.43. The first kappa shape index (κ1) is 18.0. The van der Waals surface area contributed by atoms with E-state index in [0.717, 1.165) is 19.5 Å². The molecule has 0 radical (unpaired) electrons. The highest BCUT2D eigenvalue weighted by Crippen LogP contribution is 2.32. The fourth-order valence-electron chi connectivity index (χ4n) is 4.08. The van der Waals surface area contributed by atoms with Crippen LogP contribution in [0.3, 0.4) is 0 Å². The molecule has 0 spiro atoms. The van der Waals surface area contributed by atoms with Crippen molar-refractivity contribution in [3.8, 4) is 5.75 Å². The Bertz CT molecular complexity index is 764. The monoisotopic (exact) mass is 371 g/mol. The molecule has 27 heavy (non-hydrogen) atoms. The summed E-state index contributed by atoms with van der Waals surface area (Å²) in [6, 6.07) is 5.19. The van der Waals surface area contributed by atoms with Gasteiger partial charge in [-0.05, 0) is 50.9 Å². The van der Waals surface area contributed by atoms with Gasteiger partial charge in [-0.25, -0.2) is 0 Å².